The second-order valence-corrected chi connectivity index (χ2v) is 6.16. The maximum Gasteiger partial charge on any atom is 0.121 e. The van der Waals surface area contributed by atoms with Crippen molar-refractivity contribution < 1.29 is 5.11 Å². The van der Waals surface area contributed by atoms with E-state index in [1.165, 1.54) is 11.1 Å². The molecular weight excluding hydrogens is 246 g/mol. The molecule has 0 saturated carbocycles. The van der Waals surface area contributed by atoms with Crippen LogP contribution in [0.25, 0.3) is 0 Å². The van der Waals surface area contributed by atoms with Gasteiger partial charge >= 0.3 is 0 Å². The Morgan fingerprint density at radius 3 is 1.85 bits per heavy atom. The van der Waals surface area contributed by atoms with Crippen LogP contribution in [-0.2, 0) is 5.41 Å². The molecule has 0 spiro atoms. The fourth-order valence-electron chi connectivity index (χ4n) is 2.55. The summed E-state index contributed by atoms with van der Waals surface area (Å²) in [5, 5.41) is 9.93. The third-order valence-electron chi connectivity index (χ3n) is 4.20. The van der Waals surface area contributed by atoms with Crippen LogP contribution in [0.2, 0.25) is 0 Å². The fourth-order valence-corrected chi connectivity index (χ4v) is 2.55. The van der Waals surface area contributed by atoms with Gasteiger partial charge < -0.3 is 10.8 Å². The number of phenolic OH excluding ortho intramolecular Hbond substituents is 1. The van der Waals surface area contributed by atoms with Crippen molar-refractivity contribution >= 4 is 5.69 Å². The standard InChI is InChI=1S/C18H23NO/c1-11-8-14(6-7-16(11)19)18(4,5)15-9-12(2)17(20)13(3)10-15/h6-10,20H,19H2,1-5H3. The van der Waals surface area contributed by atoms with Crippen LogP contribution in [0.3, 0.4) is 0 Å². The first-order chi connectivity index (χ1) is 9.23. The van der Waals surface area contributed by atoms with Gasteiger partial charge in [0.15, 0.2) is 0 Å². The van der Waals surface area contributed by atoms with E-state index in [1.54, 1.807) is 0 Å². The molecule has 20 heavy (non-hydrogen) atoms. The highest BCUT2D eigenvalue weighted by molar-refractivity contribution is 5.52. The first kappa shape index (κ1) is 14.4. The van der Waals surface area contributed by atoms with Crippen LogP contribution in [0.4, 0.5) is 5.69 Å². The molecule has 0 saturated heterocycles. The summed E-state index contributed by atoms with van der Waals surface area (Å²) in [5.74, 6) is 0.387. The third kappa shape index (κ3) is 2.38. The molecule has 0 amide bonds. The number of anilines is 1. The number of hydrogen-bond acceptors (Lipinski definition) is 2. The molecule has 0 aliphatic heterocycles. The Morgan fingerprint density at radius 1 is 0.850 bits per heavy atom. The molecule has 0 heterocycles. The van der Waals surface area contributed by atoms with E-state index >= 15 is 0 Å². The average molecular weight is 269 g/mol. The molecule has 106 valence electrons. The molecule has 0 aromatic heterocycles. The largest absolute Gasteiger partial charge is 0.507 e. The number of phenols is 1. The van der Waals surface area contributed by atoms with Crippen molar-refractivity contribution in [3.05, 3.63) is 58.1 Å². The predicted octanol–water partition coefficient (Wildman–Crippen LogP) is 4.23. The van der Waals surface area contributed by atoms with Gasteiger partial charge in [0.1, 0.15) is 5.75 Å². The van der Waals surface area contributed by atoms with Gasteiger partial charge in [-0.05, 0) is 54.7 Å². The highest BCUT2D eigenvalue weighted by Gasteiger charge is 2.24. The van der Waals surface area contributed by atoms with E-state index in [0.717, 1.165) is 22.4 Å². The number of nitrogen functional groups attached to an aromatic ring is 1. The molecule has 0 atom stereocenters. The molecule has 3 N–H and O–H groups in total. The van der Waals surface area contributed by atoms with Crippen molar-refractivity contribution in [3.8, 4) is 5.75 Å². The smallest absolute Gasteiger partial charge is 0.121 e. The molecule has 2 aromatic carbocycles. The number of benzene rings is 2. The molecule has 2 heteroatoms. The Hall–Kier alpha value is -1.96. The summed E-state index contributed by atoms with van der Waals surface area (Å²) < 4.78 is 0. The van der Waals surface area contributed by atoms with E-state index < -0.39 is 0 Å². The lowest BCUT2D eigenvalue weighted by Gasteiger charge is -2.28. The number of hydrogen-bond donors (Lipinski definition) is 2. The van der Waals surface area contributed by atoms with Gasteiger partial charge in [-0.2, -0.15) is 0 Å². The highest BCUT2D eigenvalue weighted by atomic mass is 16.3. The maximum absolute atomic E-state index is 9.93. The lowest BCUT2D eigenvalue weighted by atomic mass is 9.76. The summed E-state index contributed by atoms with van der Waals surface area (Å²) >= 11 is 0. The van der Waals surface area contributed by atoms with Crippen LogP contribution < -0.4 is 5.73 Å². The zero-order valence-corrected chi connectivity index (χ0v) is 12.9. The Bertz CT molecular complexity index is 633. The van der Waals surface area contributed by atoms with Crippen LogP contribution in [0, 0.1) is 20.8 Å². The molecule has 0 unspecified atom stereocenters. The maximum atomic E-state index is 9.93. The van der Waals surface area contributed by atoms with Crippen molar-refractivity contribution in [2.24, 2.45) is 0 Å². The number of rotatable bonds is 2. The van der Waals surface area contributed by atoms with E-state index in [2.05, 4.69) is 38.1 Å². The fraction of sp³-hybridized carbons (Fsp3) is 0.333. The van der Waals surface area contributed by atoms with Gasteiger partial charge in [-0.25, -0.2) is 0 Å². The zero-order chi connectivity index (χ0) is 15.1. The van der Waals surface area contributed by atoms with Crippen molar-refractivity contribution in [1.82, 2.24) is 0 Å². The minimum absolute atomic E-state index is 0.123. The predicted molar refractivity (Wildman–Crippen MR) is 85.3 cm³/mol. The Morgan fingerprint density at radius 2 is 1.35 bits per heavy atom. The van der Waals surface area contributed by atoms with Gasteiger partial charge in [0, 0.05) is 11.1 Å². The summed E-state index contributed by atoms with van der Waals surface area (Å²) in [5.41, 5.74) is 12.0. The average Bonchev–Trinajstić information content (AvgIpc) is 2.38. The molecule has 0 aliphatic carbocycles. The van der Waals surface area contributed by atoms with Crippen LogP contribution in [0.1, 0.15) is 41.7 Å². The Labute approximate surface area is 121 Å². The number of aromatic hydroxyl groups is 1. The summed E-state index contributed by atoms with van der Waals surface area (Å²) in [7, 11) is 0. The third-order valence-corrected chi connectivity index (χ3v) is 4.20. The highest BCUT2D eigenvalue weighted by Crippen LogP contribution is 2.36. The summed E-state index contributed by atoms with van der Waals surface area (Å²) in [6, 6.07) is 10.3. The van der Waals surface area contributed by atoms with Crippen molar-refractivity contribution in [2.75, 3.05) is 5.73 Å². The second-order valence-electron chi connectivity index (χ2n) is 6.16. The Kier molecular flexibility index (Phi) is 3.51. The number of aryl methyl sites for hydroxylation is 3. The van der Waals surface area contributed by atoms with Gasteiger partial charge in [-0.15, -0.1) is 0 Å². The second kappa shape index (κ2) is 4.86. The van der Waals surface area contributed by atoms with Gasteiger partial charge in [-0.1, -0.05) is 38.1 Å². The lowest BCUT2D eigenvalue weighted by molar-refractivity contribution is 0.465. The number of nitrogens with two attached hydrogens (primary N) is 1. The van der Waals surface area contributed by atoms with Crippen LogP contribution >= 0.6 is 0 Å². The molecule has 2 aromatic rings. The van der Waals surface area contributed by atoms with Crippen LogP contribution in [-0.4, -0.2) is 5.11 Å². The normalized spacial score (nSPS) is 11.7. The molecule has 2 nitrogen and oxygen atoms in total. The van der Waals surface area contributed by atoms with E-state index in [0.29, 0.717) is 5.75 Å². The monoisotopic (exact) mass is 269 g/mol. The van der Waals surface area contributed by atoms with Gasteiger partial charge in [-0.3, -0.25) is 0 Å². The summed E-state index contributed by atoms with van der Waals surface area (Å²) in [6.45, 7) is 10.3. The minimum atomic E-state index is -0.123. The SMILES string of the molecule is Cc1cc(C(C)(C)c2cc(C)c(O)c(C)c2)ccc1N. The topological polar surface area (TPSA) is 46.2 Å². The lowest BCUT2D eigenvalue weighted by Crippen LogP contribution is -2.19. The van der Waals surface area contributed by atoms with Crippen LogP contribution in [0.15, 0.2) is 30.3 Å². The minimum Gasteiger partial charge on any atom is -0.507 e. The molecule has 0 radical (unpaired) electrons. The van der Waals surface area contributed by atoms with Gasteiger partial charge in [0.05, 0.1) is 0 Å². The first-order valence-corrected chi connectivity index (χ1v) is 6.91. The first-order valence-electron chi connectivity index (χ1n) is 6.91. The summed E-state index contributed by atoms with van der Waals surface area (Å²) in [4.78, 5) is 0. The van der Waals surface area contributed by atoms with Gasteiger partial charge in [0.2, 0.25) is 0 Å². The quantitative estimate of drug-likeness (QED) is 0.802. The molecular formula is C18H23NO. The van der Waals surface area contributed by atoms with Gasteiger partial charge in [0.25, 0.3) is 0 Å². The van der Waals surface area contributed by atoms with E-state index in [9.17, 15) is 5.11 Å². The zero-order valence-electron chi connectivity index (χ0n) is 12.9. The van der Waals surface area contributed by atoms with Crippen LogP contribution in [0.5, 0.6) is 5.75 Å². The molecule has 2 rings (SSSR count). The molecule has 0 fully saturated rings. The Balaban J connectivity index is 2.56. The molecule has 0 bridgehead atoms. The van der Waals surface area contributed by atoms with Crippen molar-refractivity contribution in [3.63, 3.8) is 0 Å². The van der Waals surface area contributed by atoms with E-state index in [1.807, 2.05) is 26.8 Å². The van der Waals surface area contributed by atoms with E-state index in [4.69, 9.17) is 5.73 Å². The molecule has 0 aliphatic rings. The van der Waals surface area contributed by atoms with E-state index in [-0.39, 0.29) is 5.41 Å². The summed E-state index contributed by atoms with van der Waals surface area (Å²) in [6.07, 6.45) is 0. The van der Waals surface area contributed by atoms with Crippen molar-refractivity contribution in [2.45, 2.75) is 40.0 Å². The van der Waals surface area contributed by atoms with Crippen molar-refractivity contribution in [1.29, 1.82) is 0 Å².